The summed E-state index contributed by atoms with van der Waals surface area (Å²) >= 11 is 9.10. The monoisotopic (exact) mass is 440 g/mol. The van der Waals surface area contributed by atoms with E-state index in [0.29, 0.717) is 6.54 Å². The van der Waals surface area contributed by atoms with Crippen LogP contribution in [0, 0.1) is 6.92 Å². The lowest BCUT2D eigenvalue weighted by Crippen LogP contribution is -2.22. The molecule has 0 saturated carbocycles. The summed E-state index contributed by atoms with van der Waals surface area (Å²) in [6.45, 7) is 4.82. The van der Waals surface area contributed by atoms with Gasteiger partial charge < -0.3 is 0 Å². The number of nitrogens with zero attached hydrogens (tertiary/aromatic N) is 2. The van der Waals surface area contributed by atoms with Crippen molar-refractivity contribution in [2.24, 2.45) is 0 Å². The Morgan fingerprint density at radius 3 is 2.52 bits per heavy atom. The van der Waals surface area contributed by atoms with Gasteiger partial charge >= 0.3 is 0 Å². The Hall–Kier alpha value is -2.08. The Bertz CT molecular complexity index is 1190. The van der Waals surface area contributed by atoms with Crippen LogP contribution in [0.25, 0.3) is 20.7 Å². The van der Waals surface area contributed by atoms with Crippen LogP contribution in [-0.4, -0.2) is 9.55 Å². The molecule has 0 bridgehead atoms. The summed E-state index contributed by atoms with van der Waals surface area (Å²) in [5.74, 6) is 0.744. The first-order chi connectivity index (χ1) is 14.0. The second kappa shape index (κ2) is 8.74. The smallest absolute Gasteiger partial charge is 0.272 e. The number of hydrogen-bond acceptors (Lipinski definition) is 4. The molecule has 6 heteroatoms. The molecule has 0 saturated heterocycles. The maximum absolute atomic E-state index is 13.2. The van der Waals surface area contributed by atoms with Crippen LogP contribution in [-0.2, 0) is 12.3 Å². The van der Waals surface area contributed by atoms with Gasteiger partial charge in [0.25, 0.3) is 5.56 Å². The van der Waals surface area contributed by atoms with Gasteiger partial charge in [-0.05, 0) is 42.7 Å². The molecule has 2 heterocycles. The van der Waals surface area contributed by atoms with Crippen LogP contribution in [0.15, 0.2) is 64.5 Å². The summed E-state index contributed by atoms with van der Waals surface area (Å²) in [7, 11) is 0. The molecule has 0 atom stereocenters. The van der Waals surface area contributed by atoms with Gasteiger partial charge in [0, 0.05) is 22.2 Å². The predicted molar refractivity (Wildman–Crippen MR) is 125 cm³/mol. The van der Waals surface area contributed by atoms with Crippen molar-refractivity contribution >= 4 is 44.9 Å². The number of thioether (sulfide) groups is 1. The van der Waals surface area contributed by atoms with E-state index in [1.165, 1.54) is 16.9 Å². The molecule has 0 radical (unpaired) electrons. The van der Waals surface area contributed by atoms with E-state index in [0.717, 1.165) is 48.6 Å². The molecule has 2 aromatic carbocycles. The summed E-state index contributed by atoms with van der Waals surface area (Å²) < 4.78 is 2.54. The fourth-order valence-corrected chi connectivity index (χ4v) is 5.27. The van der Waals surface area contributed by atoms with Crippen molar-refractivity contribution in [2.45, 2.75) is 37.7 Å². The normalized spacial score (nSPS) is 11.3. The van der Waals surface area contributed by atoms with Crippen LogP contribution in [0.3, 0.4) is 0 Å². The summed E-state index contributed by atoms with van der Waals surface area (Å²) in [5, 5.41) is 1.50. The minimum Gasteiger partial charge on any atom is -0.286 e. The summed E-state index contributed by atoms with van der Waals surface area (Å²) in [6.07, 6.45) is 0.887. The molecule has 4 rings (SSSR count). The van der Waals surface area contributed by atoms with Crippen LogP contribution in [0.5, 0.6) is 0 Å². The minimum atomic E-state index is 0.0545. The molecule has 0 fully saturated rings. The molecule has 0 spiro atoms. The lowest BCUT2D eigenvalue weighted by atomic mass is 10.1. The van der Waals surface area contributed by atoms with Gasteiger partial charge in [-0.3, -0.25) is 9.36 Å². The predicted octanol–water partition coefficient (Wildman–Crippen LogP) is 6.79. The zero-order valence-electron chi connectivity index (χ0n) is 16.3. The fourth-order valence-electron chi connectivity index (χ4n) is 3.11. The topological polar surface area (TPSA) is 34.9 Å². The van der Waals surface area contributed by atoms with Gasteiger partial charge in [-0.1, -0.05) is 72.2 Å². The molecular weight excluding hydrogens is 420 g/mol. The first-order valence-electron chi connectivity index (χ1n) is 9.54. The minimum absolute atomic E-state index is 0.0545. The highest BCUT2D eigenvalue weighted by atomic mass is 35.5. The molecule has 0 N–H and O–H groups in total. The number of fused-ring (bicyclic) bond motifs is 1. The van der Waals surface area contributed by atoms with Crippen molar-refractivity contribution in [1.82, 2.24) is 9.55 Å². The number of benzene rings is 2. The van der Waals surface area contributed by atoms with Crippen molar-refractivity contribution in [3.05, 3.63) is 81.1 Å². The first kappa shape index (κ1) is 20.2. The van der Waals surface area contributed by atoms with Gasteiger partial charge in [-0.2, -0.15) is 0 Å². The van der Waals surface area contributed by atoms with Gasteiger partial charge in [0.05, 0.1) is 5.52 Å². The first-order valence-corrected chi connectivity index (χ1v) is 11.7. The molecule has 2 aromatic heterocycles. The maximum atomic E-state index is 13.2. The van der Waals surface area contributed by atoms with Gasteiger partial charge in [0.1, 0.15) is 4.70 Å². The third-order valence-electron chi connectivity index (χ3n) is 4.66. The number of thiophene rings is 1. The molecule has 29 heavy (non-hydrogen) atoms. The molecule has 3 nitrogen and oxygen atoms in total. The number of aryl methyl sites for hydroxylation is 1. The van der Waals surface area contributed by atoms with Crippen LogP contribution >= 0.6 is 34.7 Å². The van der Waals surface area contributed by atoms with Crippen LogP contribution in [0.1, 0.15) is 24.5 Å². The number of halogens is 1. The van der Waals surface area contributed by atoms with Gasteiger partial charge in [-0.25, -0.2) is 4.98 Å². The van der Waals surface area contributed by atoms with Gasteiger partial charge in [-0.15, -0.1) is 11.3 Å². The van der Waals surface area contributed by atoms with E-state index in [-0.39, 0.29) is 5.56 Å². The number of aromatic nitrogens is 2. The summed E-state index contributed by atoms with van der Waals surface area (Å²) in [4.78, 5) is 19.1. The average molecular weight is 441 g/mol. The number of hydrogen-bond donors (Lipinski definition) is 0. The zero-order valence-corrected chi connectivity index (χ0v) is 18.7. The third kappa shape index (κ3) is 4.42. The van der Waals surface area contributed by atoms with E-state index >= 15 is 0 Å². The van der Waals surface area contributed by atoms with E-state index in [1.54, 1.807) is 11.8 Å². The van der Waals surface area contributed by atoms with E-state index in [2.05, 4.69) is 38.1 Å². The van der Waals surface area contributed by atoms with Crippen molar-refractivity contribution in [2.75, 3.05) is 0 Å². The zero-order chi connectivity index (χ0) is 20.4. The van der Waals surface area contributed by atoms with E-state index in [9.17, 15) is 4.79 Å². The SMILES string of the molecule is CCCn1c(SCc2ccc(Cl)cc2)nc2cc(-c3ccc(C)cc3)sc2c1=O. The Morgan fingerprint density at radius 2 is 1.83 bits per heavy atom. The molecule has 0 aliphatic carbocycles. The largest absolute Gasteiger partial charge is 0.286 e. The van der Waals surface area contributed by atoms with Crippen molar-refractivity contribution in [1.29, 1.82) is 0 Å². The molecule has 0 aliphatic rings. The quantitative estimate of drug-likeness (QED) is 0.244. The molecular formula is C23H21ClN2OS2. The average Bonchev–Trinajstić information content (AvgIpc) is 3.15. The highest BCUT2D eigenvalue weighted by Gasteiger charge is 2.15. The maximum Gasteiger partial charge on any atom is 0.272 e. The lowest BCUT2D eigenvalue weighted by molar-refractivity contribution is 0.585. The van der Waals surface area contributed by atoms with Crippen molar-refractivity contribution in [3.8, 4) is 10.4 Å². The Kier molecular flexibility index (Phi) is 6.09. The molecule has 4 aromatic rings. The van der Waals surface area contributed by atoms with Gasteiger partial charge in [0.2, 0.25) is 0 Å². The van der Waals surface area contributed by atoms with E-state index < -0.39 is 0 Å². The standard InChI is InChI=1S/C23H21ClN2OS2/c1-3-12-26-22(27)21-19(13-20(29-21)17-8-4-15(2)5-9-17)25-23(26)28-14-16-6-10-18(24)11-7-16/h4-11,13H,3,12,14H2,1-2H3. The van der Waals surface area contributed by atoms with E-state index in [1.807, 2.05) is 34.9 Å². The van der Waals surface area contributed by atoms with Crippen LogP contribution < -0.4 is 5.56 Å². The Morgan fingerprint density at radius 1 is 1.10 bits per heavy atom. The van der Waals surface area contributed by atoms with Gasteiger partial charge in [0.15, 0.2) is 5.16 Å². The highest BCUT2D eigenvalue weighted by Crippen LogP contribution is 2.32. The molecule has 0 amide bonds. The summed E-state index contributed by atoms with van der Waals surface area (Å²) in [5.41, 5.74) is 4.33. The second-order valence-corrected chi connectivity index (χ2v) is 9.39. The fraction of sp³-hybridized carbons (Fsp3) is 0.217. The third-order valence-corrected chi connectivity index (χ3v) is 7.12. The lowest BCUT2D eigenvalue weighted by Gasteiger charge is -2.11. The molecule has 0 aliphatic heterocycles. The van der Waals surface area contributed by atoms with E-state index in [4.69, 9.17) is 16.6 Å². The van der Waals surface area contributed by atoms with Crippen molar-refractivity contribution < 1.29 is 0 Å². The van der Waals surface area contributed by atoms with Crippen molar-refractivity contribution in [3.63, 3.8) is 0 Å². The Balaban J connectivity index is 1.72. The second-order valence-electron chi connectivity index (χ2n) is 6.96. The van der Waals surface area contributed by atoms with Crippen LogP contribution in [0.2, 0.25) is 5.02 Å². The Labute approximate surface area is 183 Å². The van der Waals surface area contributed by atoms with Crippen LogP contribution in [0.4, 0.5) is 0 Å². The summed E-state index contributed by atoms with van der Waals surface area (Å²) in [6, 6.07) is 18.2. The highest BCUT2D eigenvalue weighted by molar-refractivity contribution is 7.98. The number of rotatable bonds is 6. The molecule has 148 valence electrons. The molecule has 0 unspecified atom stereocenters.